The van der Waals surface area contributed by atoms with Crippen molar-refractivity contribution in [2.45, 2.75) is 39.3 Å². The lowest BCUT2D eigenvalue weighted by molar-refractivity contribution is -0.140. The first-order chi connectivity index (χ1) is 14.8. The second-order valence-electron chi connectivity index (χ2n) is 7.61. The number of ketones is 1. The third kappa shape index (κ3) is 4.62. The zero-order chi connectivity index (χ0) is 22.7. The van der Waals surface area contributed by atoms with Gasteiger partial charge >= 0.3 is 0 Å². The van der Waals surface area contributed by atoms with E-state index in [0.29, 0.717) is 23.8 Å². The fraction of sp³-hybridized carbons (Fsp3) is 0.391. The van der Waals surface area contributed by atoms with Crippen molar-refractivity contribution in [3.63, 3.8) is 0 Å². The molecule has 0 saturated carbocycles. The summed E-state index contributed by atoms with van der Waals surface area (Å²) >= 11 is 6.27. The number of furan rings is 1. The number of benzene rings is 1. The average molecular weight is 448 g/mol. The van der Waals surface area contributed by atoms with Crippen molar-refractivity contribution in [3.05, 3.63) is 58.0 Å². The highest BCUT2D eigenvalue weighted by Gasteiger charge is 2.47. The number of methoxy groups -OCH3 is 1. The van der Waals surface area contributed by atoms with Gasteiger partial charge in [0.15, 0.2) is 0 Å². The van der Waals surface area contributed by atoms with Gasteiger partial charge in [0, 0.05) is 13.2 Å². The van der Waals surface area contributed by atoms with Crippen molar-refractivity contribution in [3.8, 4) is 5.75 Å². The molecular formula is C23H26ClNO6. The summed E-state index contributed by atoms with van der Waals surface area (Å²) in [6.45, 7) is 6.36. The number of halogens is 1. The quantitative estimate of drug-likeness (QED) is 0.277. The molecule has 0 aliphatic carbocycles. The van der Waals surface area contributed by atoms with Crippen LogP contribution in [0.5, 0.6) is 5.75 Å². The molecule has 7 nitrogen and oxygen atoms in total. The Balaban J connectivity index is 2.08. The summed E-state index contributed by atoms with van der Waals surface area (Å²) in [7, 11) is 1.42. The summed E-state index contributed by atoms with van der Waals surface area (Å²) in [4.78, 5) is 27.3. The monoisotopic (exact) mass is 447 g/mol. The number of hydrogen-bond donors (Lipinski definition) is 1. The molecule has 1 saturated heterocycles. The molecule has 0 spiro atoms. The van der Waals surface area contributed by atoms with Gasteiger partial charge in [-0.3, -0.25) is 9.59 Å². The predicted octanol–water partition coefficient (Wildman–Crippen LogP) is 4.49. The minimum Gasteiger partial charge on any atom is -0.507 e. The van der Waals surface area contributed by atoms with Crippen LogP contribution < -0.4 is 4.74 Å². The molecule has 1 aromatic heterocycles. The molecule has 0 bridgehead atoms. The minimum absolute atomic E-state index is 0.0646. The van der Waals surface area contributed by atoms with Crippen LogP contribution in [-0.4, -0.2) is 48.1 Å². The van der Waals surface area contributed by atoms with Gasteiger partial charge in [0.05, 0.1) is 35.6 Å². The van der Waals surface area contributed by atoms with Crippen molar-refractivity contribution in [1.29, 1.82) is 0 Å². The number of aliphatic hydroxyl groups is 1. The number of Topliss-reactive ketones (excluding diaryl/α,β-unsaturated/α-hetero) is 1. The molecule has 0 radical (unpaired) electrons. The maximum Gasteiger partial charge on any atom is 0.295 e. The summed E-state index contributed by atoms with van der Waals surface area (Å²) in [5.74, 6) is -1.25. The number of carbonyl (C=O) groups excluding carboxylic acids is 2. The molecule has 1 N–H and O–H groups in total. The first-order valence-corrected chi connectivity index (χ1v) is 10.4. The Hall–Kier alpha value is -2.77. The summed E-state index contributed by atoms with van der Waals surface area (Å²) in [5, 5.41) is 11.5. The Morgan fingerprint density at radius 2 is 2.06 bits per heavy atom. The molecule has 166 valence electrons. The van der Waals surface area contributed by atoms with Crippen molar-refractivity contribution in [1.82, 2.24) is 4.90 Å². The zero-order valence-corrected chi connectivity index (χ0v) is 18.7. The molecular weight excluding hydrogens is 422 g/mol. The van der Waals surface area contributed by atoms with Gasteiger partial charge in [-0.2, -0.15) is 0 Å². The third-order valence-electron chi connectivity index (χ3n) is 4.99. The first kappa shape index (κ1) is 22.9. The molecule has 1 aliphatic rings. The standard InChI is InChI=1S/C23H26ClNO6/c1-13(2)30-10-6-8-25-19(17-7-5-9-31-17)18(21(27)23(25)28)20(26)15-11-14(3)12-16(24)22(15)29-4/h5,7,9,11-13,19,26H,6,8,10H2,1-4H3/b20-18-. The van der Waals surface area contributed by atoms with Crippen molar-refractivity contribution in [2.75, 3.05) is 20.3 Å². The lowest BCUT2D eigenvalue weighted by Crippen LogP contribution is -2.31. The number of aliphatic hydroxyl groups excluding tert-OH is 1. The normalized spacial score (nSPS) is 18.3. The van der Waals surface area contributed by atoms with E-state index in [1.165, 1.54) is 18.3 Å². The van der Waals surface area contributed by atoms with Gasteiger partial charge in [-0.1, -0.05) is 11.6 Å². The van der Waals surface area contributed by atoms with Gasteiger partial charge in [-0.05, 0) is 57.0 Å². The highest BCUT2D eigenvalue weighted by atomic mass is 35.5. The largest absolute Gasteiger partial charge is 0.507 e. The second-order valence-corrected chi connectivity index (χ2v) is 8.02. The molecule has 1 unspecified atom stereocenters. The maximum atomic E-state index is 13.0. The van der Waals surface area contributed by atoms with Gasteiger partial charge < -0.3 is 23.9 Å². The van der Waals surface area contributed by atoms with Gasteiger partial charge in [-0.15, -0.1) is 0 Å². The lowest BCUT2D eigenvalue weighted by Gasteiger charge is -2.23. The summed E-state index contributed by atoms with van der Waals surface area (Å²) in [5.41, 5.74) is 0.942. The number of likely N-dealkylation sites (tertiary alicyclic amines) is 1. The number of amides is 1. The van der Waals surface area contributed by atoms with E-state index in [0.717, 1.165) is 5.56 Å². The molecule has 2 aromatic rings. The Morgan fingerprint density at radius 1 is 1.32 bits per heavy atom. The Labute approximate surface area is 186 Å². The average Bonchev–Trinajstić information content (AvgIpc) is 3.32. The van der Waals surface area contributed by atoms with E-state index in [2.05, 4.69) is 0 Å². The Morgan fingerprint density at radius 3 is 2.68 bits per heavy atom. The fourth-order valence-electron chi connectivity index (χ4n) is 3.66. The van der Waals surface area contributed by atoms with Crippen molar-refractivity contribution < 1.29 is 28.6 Å². The third-order valence-corrected chi connectivity index (χ3v) is 5.28. The summed E-state index contributed by atoms with van der Waals surface area (Å²) in [6, 6.07) is 5.82. The van der Waals surface area contributed by atoms with Crippen LogP contribution >= 0.6 is 11.6 Å². The molecule has 1 aliphatic heterocycles. The Kier molecular flexibility index (Phi) is 7.08. The van der Waals surface area contributed by atoms with E-state index in [4.69, 9.17) is 25.5 Å². The second kappa shape index (κ2) is 9.58. The smallest absolute Gasteiger partial charge is 0.295 e. The SMILES string of the molecule is COc1c(Cl)cc(C)cc1/C(O)=C1/C(=O)C(=O)N(CCCOC(C)C)C1c1ccco1. The highest BCUT2D eigenvalue weighted by Crippen LogP contribution is 2.42. The summed E-state index contributed by atoms with van der Waals surface area (Å²) < 4.78 is 16.4. The Bertz CT molecular complexity index is 996. The molecule has 2 heterocycles. The molecule has 3 rings (SSSR count). The molecule has 8 heteroatoms. The van der Waals surface area contributed by atoms with Crippen LogP contribution in [0.2, 0.25) is 5.02 Å². The van der Waals surface area contributed by atoms with Gasteiger partial charge in [0.2, 0.25) is 0 Å². The highest BCUT2D eigenvalue weighted by molar-refractivity contribution is 6.46. The van der Waals surface area contributed by atoms with Gasteiger partial charge in [0.25, 0.3) is 11.7 Å². The van der Waals surface area contributed by atoms with Gasteiger partial charge in [0.1, 0.15) is 23.3 Å². The van der Waals surface area contributed by atoms with E-state index < -0.39 is 17.7 Å². The number of hydrogen-bond acceptors (Lipinski definition) is 6. The van der Waals surface area contributed by atoms with Crippen LogP contribution in [0.1, 0.15) is 43.2 Å². The lowest BCUT2D eigenvalue weighted by atomic mass is 9.98. The molecule has 31 heavy (non-hydrogen) atoms. The minimum atomic E-state index is -0.863. The van der Waals surface area contributed by atoms with E-state index in [9.17, 15) is 14.7 Å². The van der Waals surface area contributed by atoms with Crippen LogP contribution in [0.3, 0.4) is 0 Å². The van der Waals surface area contributed by atoms with Crippen LogP contribution in [0.4, 0.5) is 0 Å². The topological polar surface area (TPSA) is 89.2 Å². The maximum absolute atomic E-state index is 13.0. The number of carbonyl (C=O) groups is 2. The molecule has 1 aromatic carbocycles. The van der Waals surface area contributed by atoms with Crippen LogP contribution in [-0.2, 0) is 14.3 Å². The van der Waals surface area contributed by atoms with E-state index >= 15 is 0 Å². The van der Waals surface area contributed by atoms with E-state index in [1.54, 1.807) is 31.2 Å². The summed E-state index contributed by atoms with van der Waals surface area (Å²) in [6.07, 6.45) is 2.05. The first-order valence-electron chi connectivity index (χ1n) is 10.0. The van der Waals surface area contributed by atoms with Crippen molar-refractivity contribution >= 4 is 29.1 Å². The van der Waals surface area contributed by atoms with Crippen molar-refractivity contribution in [2.24, 2.45) is 0 Å². The number of nitrogens with zero attached hydrogens (tertiary/aromatic N) is 1. The fourth-order valence-corrected chi connectivity index (χ4v) is 4.02. The number of ether oxygens (including phenoxy) is 2. The van der Waals surface area contributed by atoms with Crippen LogP contribution in [0.15, 0.2) is 40.5 Å². The van der Waals surface area contributed by atoms with E-state index in [-0.39, 0.29) is 35.3 Å². The molecule has 1 amide bonds. The van der Waals surface area contributed by atoms with Crippen LogP contribution in [0.25, 0.3) is 5.76 Å². The molecule has 1 fully saturated rings. The zero-order valence-electron chi connectivity index (χ0n) is 18.0. The van der Waals surface area contributed by atoms with Gasteiger partial charge in [-0.25, -0.2) is 0 Å². The predicted molar refractivity (Wildman–Crippen MR) is 116 cm³/mol. The number of aryl methyl sites for hydroxylation is 1. The van der Waals surface area contributed by atoms with Crippen LogP contribution in [0, 0.1) is 6.92 Å². The molecule has 1 atom stereocenters. The van der Waals surface area contributed by atoms with E-state index in [1.807, 2.05) is 13.8 Å². The number of rotatable bonds is 8.